The molecule has 0 aliphatic heterocycles. The molecule has 1 aliphatic carbocycles. The fourth-order valence-corrected chi connectivity index (χ4v) is 6.66. The molecule has 0 heterocycles. The van der Waals surface area contributed by atoms with Crippen LogP contribution in [-0.4, -0.2) is 10.2 Å². The summed E-state index contributed by atoms with van der Waals surface area (Å²) in [5.74, 6) is 0.585. The van der Waals surface area contributed by atoms with Gasteiger partial charge < -0.3 is 10.2 Å². The van der Waals surface area contributed by atoms with E-state index in [9.17, 15) is 10.2 Å². The van der Waals surface area contributed by atoms with Crippen molar-refractivity contribution in [2.75, 3.05) is 0 Å². The van der Waals surface area contributed by atoms with E-state index >= 15 is 0 Å². The van der Waals surface area contributed by atoms with Crippen LogP contribution in [0.5, 0.6) is 11.5 Å². The Kier molecular flexibility index (Phi) is 10.2. The minimum absolute atomic E-state index is 0.0108. The molecule has 1 aliphatic rings. The van der Waals surface area contributed by atoms with Crippen molar-refractivity contribution >= 4 is 24.3 Å². The summed E-state index contributed by atoms with van der Waals surface area (Å²) >= 11 is 0. The van der Waals surface area contributed by atoms with Crippen LogP contribution >= 0.6 is 0 Å². The smallest absolute Gasteiger partial charge is 0.115 e. The molecule has 0 bridgehead atoms. The number of hydrogen-bond donors (Lipinski definition) is 2. The van der Waals surface area contributed by atoms with Crippen molar-refractivity contribution in [1.29, 1.82) is 0 Å². The van der Waals surface area contributed by atoms with Crippen molar-refractivity contribution in [2.24, 2.45) is 0 Å². The second-order valence-electron chi connectivity index (χ2n) is 12.2. The Labute approximate surface area is 258 Å². The Bertz CT molecular complexity index is 1420. The summed E-state index contributed by atoms with van der Waals surface area (Å²) in [6, 6.07) is 28.9. The van der Waals surface area contributed by atoms with Crippen LogP contribution < -0.4 is 0 Å². The van der Waals surface area contributed by atoms with E-state index in [1.165, 1.54) is 97.6 Å². The SMILES string of the molecule is CCCCCCC1(CCCCCC)c2cc(C=Cc3ccc(O)cc3)ccc2-c2ccc(C=Cc3ccc(O)cc3)cc21. The third kappa shape index (κ3) is 7.31. The number of rotatable bonds is 14. The van der Waals surface area contributed by atoms with E-state index < -0.39 is 0 Å². The van der Waals surface area contributed by atoms with Crippen LogP contribution in [-0.2, 0) is 5.41 Å². The second-order valence-corrected chi connectivity index (χ2v) is 12.2. The Morgan fingerprint density at radius 3 is 1.23 bits per heavy atom. The molecular weight excluding hydrogens is 524 g/mol. The van der Waals surface area contributed by atoms with Crippen LogP contribution in [0.15, 0.2) is 84.9 Å². The van der Waals surface area contributed by atoms with Gasteiger partial charge >= 0.3 is 0 Å². The first-order valence-corrected chi connectivity index (χ1v) is 16.3. The van der Waals surface area contributed by atoms with Gasteiger partial charge in [-0.2, -0.15) is 0 Å². The normalized spacial score (nSPS) is 13.5. The maximum atomic E-state index is 9.68. The van der Waals surface area contributed by atoms with Gasteiger partial charge in [0.2, 0.25) is 0 Å². The van der Waals surface area contributed by atoms with Crippen molar-refractivity contribution in [3.05, 3.63) is 118 Å². The molecule has 0 saturated heterocycles. The number of benzene rings is 4. The van der Waals surface area contributed by atoms with Crippen LogP contribution in [0.25, 0.3) is 35.4 Å². The van der Waals surface area contributed by atoms with Gasteiger partial charge in [-0.15, -0.1) is 0 Å². The maximum Gasteiger partial charge on any atom is 0.115 e. The zero-order chi connectivity index (χ0) is 30.1. The standard InChI is InChI=1S/C41H46O2/c1-3-5-7-9-27-41(28-10-8-6-4-2)39-29-33(13-11-31-15-21-35(42)22-16-31)19-25-37(39)38-26-20-34(30-40(38)41)14-12-32-17-23-36(43)24-18-32/h11-26,29-30,42-43H,3-10,27-28H2,1-2H3. The van der Waals surface area contributed by atoms with E-state index in [4.69, 9.17) is 0 Å². The molecule has 5 rings (SSSR count). The quantitative estimate of drug-likeness (QED) is 0.117. The van der Waals surface area contributed by atoms with Crippen molar-refractivity contribution in [3.63, 3.8) is 0 Å². The highest BCUT2D eigenvalue weighted by Gasteiger charge is 2.42. The summed E-state index contributed by atoms with van der Waals surface area (Å²) in [7, 11) is 0. The predicted octanol–water partition coefficient (Wildman–Crippen LogP) is 11.6. The maximum absolute atomic E-state index is 9.68. The molecule has 43 heavy (non-hydrogen) atoms. The molecule has 0 amide bonds. The minimum atomic E-state index is 0.0108. The summed E-state index contributed by atoms with van der Waals surface area (Å²) in [5.41, 5.74) is 10.4. The molecule has 222 valence electrons. The molecule has 0 unspecified atom stereocenters. The first-order valence-electron chi connectivity index (χ1n) is 16.3. The first kappa shape index (κ1) is 30.4. The van der Waals surface area contributed by atoms with Crippen molar-refractivity contribution in [1.82, 2.24) is 0 Å². The summed E-state index contributed by atoms with van der Waals surface area (Å²) in [6.45, 7) is 4.58. The van der Waals surface area contributed by atoms with Crippen molar-refractivity contribution in [3.8, 4) is 22.6 Å². The fourth-order valence-electron chi connectivity index (χ4n) is 6.66. The van der Waals surface area contributed by atoms with Gasteiger partial charge in [0.05, 0.1) is 0 Å². The van der Waals surface area contributed by atoms with Crippen LogP contribution in [0.4, 0.5) is 0 Å². The van der Waals surface area contributed by atoms with Crippen LogP contribution in [0, 0.1) is 0 Å². The van der Waals surface area contributed by atoms with E-state index in [1.54, 1.807) is 24.3 Å². The Hall–Kier alpha value is -4.04. The fraction of sp³-hybridized carbons (Fsp3) is 0.317. The highest BCUT2D eigenvalue weighted by Crippen LogP contribution is 2.55. The third-order valence-electron chi connectivity index (χ3n) is 9.05. The highest BCUT2D eigenvalue weighted by atomic mass is 16.3. The summed E-state index contributed by atoms with van der Waals surface area (Å²) in [5, 5.41) is 19.4. The molecule has 0 aromatic heterocycles. The van der Waals surface area contributed by atoms with Crippen LogP contribution in [0.1, 0.15) is 111 Å². The van der Waals surface area contributed by atoms with Gasteiger partial charge in [0.25, 0.3) is 0 Å². The van der Waals surface area contributed by atoms with Gasteiger partial charge in [-0.25, -0.2) is 0 Å². The average molecular weight is 571 g/mol. The number of phenols is 2. The van der Waals surface area contributed by atoms with Gasteiger partial charge in [0.1, 0.15) is 11.5 Å². The van der Waals surface area contributed by atoms with E-state index in [-0.39, 0.29) is 5.41 Å². The first-order chi connectivity index (χ1) is 21.0. The van der Waals surface area contributed by atoms with Gasteiger partial charge in [0, 0.05) is 5.41 Å². The molecule has 0 fully saturated rings. The van der Waals surface area contributed by atoms with Gasteiger partial charge in [-0.1, -0.05) is 150 Å². The largest absolute Gasteiger partial charge is 0.508 e. The highest BCUT2D eigenvalue weighted by molar-refractivity contribution is 5.85. The molecule has 0 spiro atoms. The van der Waals surface area contributed by atoms with Gasteiger partial charge in [-0.05, 0) is 81.6 Å². The summed E-state index contributed by atoms with van der Waals surface area (Å²) in [6.07, 6.45) is 21.1. The lowest BCUT2D eigenvalue weighted by Crippen LogP contribution is -2.25. The van der Waals surface area contributed by atoms with E-state index in [1.807, 2.05) is 24.3 Å². The number of aromatic hydroxyl groups is 2. The molecule has 4 aromatic carbocycles. The van der Waals surface area contributed by atoms with Gasteiger partial charge in [0.15, 0.2) is 0 Å². The summed E-state index contributed by atoms with van der Waals surface area (Å²) in [4.78, 5) is 0. The summed E-state index contributed by atoms with van der Waals surface area (Å²) < 4.78 is 0. The third-order valence-corrected chi connectivity index (χ3v) is 9.05. The lowest BCUT2D eigenvalue weighted by molar-refractivity contribution is 0.401. The molecule has 2 N–H and O–H groups in total. The monoisotopic (exact) mass is 570 g/mol. The molecule has 2 heteroatoms. The van der Waals surface area contributed by atoms with Crippen LogP contribution in [0.2, 0.25) is 0 Å². The molecule has 0 saturated carbocycles. The molecular formula is C41H46O2. The molecule has 2 nitrogen and oxygen atoms in total. The van der Waals surface area contributed by atoms with E-state index in [0.717, 1.165) is 11.1 Å². The Balaban J connectivity index is 1.55. The predicted molar refractivity (Wildman–Crippen MR) is 184 cm³/mol. The second kappa shape index (κ2) is 14.4. The minimum Gasteiger partial charge on any atom is -0.508 e. The zero-order valence-corrected chi connectivity index (χ0v) is 25.9. The number of phenolic OH excluding ortho intramolecular Hbond substituents is 2. The van der Waals surface area contributed by atoms with Crippen LogP contribution in [0.3, 0.4) is 0 Å². The zero-order valence-electron chi connectivity index (χ0n) is 25.9. The lowest BCUT2D eigenvalue weighted by Gasteiger charge is -2.33. The Morgan fingerprint density at radius 2 is 0.837 bits per heavy atom. The lowest BCUT2D eigenvalue weighted by atomic mass is 9.70. The van der Waals surface area contributed by atoms with E-state index in [0.29, 0.717) is 11.5 Å². The number of unbranched alkanes of at least 4 members (excludes halogenated alkanes) is 6. The molecule has 4 aromatic rings. The Morgan fingerprint density at radius 1 is 0.465 bits per heavy atom. The molecule has 0 radical (unpaired) electrons. The van der Waals surface area contributed by atoms with Crippen molar-refractivity contribution < 1.29 is 10.2 Å². The molecule has 0 atom stereocenters. The number of fused-ring (bicyclic) bond motifs is 3. The topological polar surface area (TPSA) is 40.5 Å². The van der Waals surface area contributed by atoms with Gasteiger partial charge in [-0.3, -0.25) is 0 Å². The van der Waals surface area contributed by atoms with Crippen molar-refractivity contribution in [2.45, 2.75) is 83.5 Å². The van der Waals surface area contributed by atoms with E-state index in [2.05, 4.69) is 74.5 Å². The number of hydrogen-bond acceptors (Lipinski definition) is 2. The average Bonchev–Trinajstić information content (AvgIpc) is 3.29.